The van der Waals surface area contributed by atoms with Gasteiger partial charge in [0, 0.05) is 0 Å². The molecule has 0 saturated heterocycles. The SMILES string of the molecule is C=Cc1ccccc1.OB(O)C=Cc1ccccc1.OB(O)O. The van der Waals surface area contributed by atoms with E-state index < -0.39 is 14.4 Å². The molecule has 2 aromatic rings. The van der Waals surface area contributed by atoms with Crippen LogP contribution in [0.5, 0.6) is 0 Å². The van der Waals surface area contributed by atoms with Crippen LogP contribution < -0.4 is 0 Å². The molecule has 2 rings (SSSR count). The number of rotatable bonds is 3. The van der Waals surface area contributed by atoms with Gasteiger partial charge in [0.15, 0.2) is 0 Å². The summed E-state index contributed by atoms with van der Waals surface area (Å²) in [4.78, 5) is 0. The van der Waals surface area contributed by atoms with Gasteiger partial charge in [0.05, 0.1) is 0 Å². The van der Waals surface area contributed by atoms with E-state index >= 15 is 0 Å². The van der Waals surface area contributed by atoms with E-state index in [4.69, 9.17) is 25.1 Å². The minimum absolute atomic E-state index is 0.959. The normalized spacial score (nSPS) is 9.09. The van der Waals surface area contributed by atoms with Crippen molar-refractivity contribution in [2.75, 3.05) is 0 Å². The lowest BCUT2D eigenvalue weighted by Gasteiger charge is -1.90. The highest BCUT2D eigenvalue weighted by molar-refractivity contribution is 6.48. The fraction of sp³-hybridized carbons (Fsp3) is 0. The van der Waals surface area contributed by atoms with Crippen molar-refractivity contribution in [1.82, 2.24) is 0 Å². The van der Waals surface area contributed by atoms with Crippen molar-refractivity contribution in [3.63, 3.8) is 0 Å². The Morgan fingerprint density at radius 1 is 0.696 bits per heavy atom. The van der Waals surface area contributed by atoms with Gasteiger partial charge in [-0.15, -0.1) is 0 Å². The molecule has 0 saturated carbocycles. The highest BCUT2D eigenvalue weighted by Gasteiger charge is 1.96. The quantitative estimate of drug-likeness (QED) is 0.544. The van der Waals surface area contributed by atoms with E-state index in [9.17, 15) is 0 Å². The molecule has 5 N–H and O–H groups in total. The summed E-state index contributed by atoms with van der Waals surface area (Å²) >= 11 is 0. The van der Waals surface area contributed by atoms with Crippen molar-refractivity contribution < 1.29 is 25.1 Å². The third kappa shape index (κ3) is 14.5. The van der Waals surface area contributed by atoms with Crippen LogP contribution in [0.3, 0.4) is 0 Å². The lowest BCUT2D eigenvalue weighted by molar-refractivity contribution is 0.278. The predicted molar refractivity (Wildman–Crippen MR) is 94.6 cm³/mol. The van der Waals surface area contributed by atoms with Crippen LogP contribution in [0.15, 0.2) is 73.2 Å². The monoisotopic (exact) mass is 314 g/mol. The lowest BCUT2D eigenvalue weighted by Crippen LogP contribution is -2.07. The smallest absolute Gasteiger partial charge is 0.424 e. The minimum atomic E-state index is -2.17. The van der Waals surface area contributed by atoms with E-state index in [-0.39, 0.29) is 0 Å². The molecule has 0 bridgehead atoms. The average molecular weight is 314 g/mol. The zero-order chi connectivity index (χ0) is 17.5. The van der Waals surface area contributed by atoms with Crippen LogP contribution in [0.4, 0.5) is 0 Å². The molecular formula is C16H20B2O5. The Balaban J connectivity index is 0.000000354. The molecule has 2 aromatic carbocycles. The first-order chi connectivity index (χ1) is 11.0. The Bertz CT molecular complexity index is 542. The predicted octanol–water partition coefficient (Wildman–Crippen LogP) is 0.990. The molecule has 0 unspecified atom stereocenters. The first-order valence-electron chi connectivity index (χ1n) is 6.76. The summed E-state index contributed by atoms with van der Waals surface area (Å²) in [5, 5.41) is 38.5. The van der Waals surface area contributed by atoms with Crippen molar-refractivity contribution >= 4 is 26.6 Å². The molecule has 23 heavy (non-hydrogen) atoms. The van der Waals surface area contributed by atoms with Crippen LogP contribution in [-0.2, 0) is 0 Å². The molecule has 0 atom stereocenters. The third-order valence-electron chi connectivity index (χ3n) is 2.30. The first kappa shape index (κ1) is 20.8. The largest absolute Gasteiger partial charge is 0.631 e. The Kier molecular flexibility index (Phi) is 12.2. The van der Waals surface area contributed by atoms with Gasteiger partial charge in [-0.05, 0) is 11.1 Å². The minimum Gasteiger partial charge on any atom is -0.424 e. The van der Waals surface area contributed by atoms with Gasteiger partial charge in [-0.25, -0.2) is 0 Å². The molecule has 0 aromatic heterocycles. The standard InChI is InChI=1S/C8H9BO2.C8H8.BH3O3/c10-9(11)7-6-8-4-2-1-3-5-8;1-2-8-6-4-3-5-7-8;2-1(3)4/h1-7,10-11H;2-7H,1H2;2-4H. The second-order valence-corrected chi connectivity index (χ2v) is 4.14. The Morgan fingerprint density at radius 2 is 1.09 bits per heavy atom. The van der Waals surface area contributed by atoms with Crippen molar-refractivity contribution in [2.24, 2.45) is 0 Å². The van der Waals surface area contributed by atoms with E-state index in [1.54, 1.807) is 6.08 Å². The summed E-state index contributed by atoms with van der Waals surface area (Å²) in [7, 11) is -3.53. The van der Waals surface area contributed by atoms with Crippen molar-refractivity contribution in [3.8, 4) is 0 Å². The molecule has 0 spiro atoms. The van der Waals surface area contributed by atoms with Crippen LogP contribution in [0.1, 0.15) is 11.1 Å². The molecule has 5 nitrogen and oxygen atoms in total. The maximum Gasteiger partial charge on any atom is 0.631 e. The topological polar surface area (TPSA) is 101 Å². The highest BCUT2D eigenvalue weighted by atomic mass is 16.5. The fourth-order valence-corrected chi connectivity index (χ4v) is 1.35. The molecule has 0 fully saturated rings. The van der Waals surface area contributed by atoms with Gasteiger partial charge in [-0.1, -0.05) is 85.4 Å². The molecule has 0 radical (unpaired) electrons. The van der Waals surface area contributed by atoms with Gasteiger partial charge in [0.25, 0.3) is 0 Å². The molecule has 0 aliphatic rings. The van der Waals surface area contributed by atoms with Gasteiger partial charge < -0.3 is 25.1 Å². The van der Waals surface area contributed by atoms with E-state index in [0.717, 1.165) is 5.56 Å². The summed E-state index contributed by atoms with van der Waals surface area (Å²) in [5.74, 6) is 1.31. The molecule has 120 valence electrons. The van der Waals surface area contributed by atoms with Gasteiger partial charge in [-0.3, -0.25) is 0 Å². The van der Waals surface area contributed by atoms with Crippen molar-refractivity contribution in [3.05, 3.63) is 84.3 Å². The zero-order valence-electron chi connectivity index (χ0n) is 12.6. The molecule has 7 heteroatoms. The second-order valence-electron chi connectivity index (χ2n) is 4.14. The van der Waals surface area contributed by atoms with Crippen LogP contribution in [0.2, 0.25) is 0 Å². The summed E-state index contributed by atoms with van der Waals surface area (Å²) in [6.45, 7) is 3.63. The Hall–Kier alpha value is -2.15. The summed E-state index contributed by atoms with van der Waals surface area (Å²) < 4.78 is 0. The second kappa shape index (κ2) is 13.5. The Morgan fingerprint density at radius 3 is 1.39 bits per heavy atom. The number of benzene rings is 2. The molecule has 0 heterocycles. The average Bonchev–Trinajstić information content (AvgIpc) is 2.55. The van der Waals surface area contributed by atoms with Gasteiger partial charge >= 0.3 is 14.4 Å². The van der Waals surface area contributed by atoms with Gasteiger partial charge in [-0.2, -0.15) is 0 Å². The summed E-state index contributed by atoms with van der Waals surface area (Å²) in [6.07, 6.45) is 3.49. The zero-order valence-corrected chi connectivity index (χ0v) is 12.6. The summed E-state index contributed by atoms with van der Waals surface area (Å²) in [6, 6.07) is 19.5. The fourth-order valence-electron chi connectivity index (χ4n) is 1.35. The maximum absolute atomic E-state index is 8.48. The van der Waals surface area contributed by atoms with Crippen LogP contribution >= 0.6 is 0 Å². The van der Waals surface area contributed by atoms with Crippen LogP contribution in [0, 0.1) is 0 Å². The van der Waals surface area contributed by atoms with Crippen LogP contribution in [-0.4, -0.2) is 39.6 Å². The highest BCUT2D eigenvalue weighted by Crippen LogP contribution is 2.00. The molecule has 0 aliphatic heterocycles. The van der Waals surface area contributed by atoms with E-state index in [1.807, 2.05) is 66.7 Å². The first-order valence-corrected chi connectivity index (χ1v) is 6.76. The maximum atomic E-state index is 8.48. The molecular weight excluding hydrogens is 294 g/mol. The molecule has 0 amide bonds. The van der Waals surface area contributed by atoms with E-state index in [0.29, 0.717) is 0 Å². The van der Waals surface area contributed by atoms with E-state index in [2.05, 4.69) is 6.58 Å². The van der Waals surface area contributed by atoms with Gasteiger partial charge in [0.1, 0.15) is 0 Å². The summed E-state index contributed by atoms with van der Waals surface area (Å²) in [5.41, 5.74) is 2.13. The number of hydrogen-bond acceptors (Lipinski definition) is 5. The Labute approximate surface area is 136 Å². The van der Waals surface area contributed by atoms with Gasteiger partial charge in [0.2, 0.25) is 0 Å². The third-order valence-corrected chi connectivity index (χ3v) is 2.30. The molecule has 0 aliphatic carbocycles. The van der Waals surface area contributed by atoms with Crippen molar-refractivity contribution in [2.45, 2.75) is 0 Å². The lowest BCUT2D eigenvalue weighted by atomic mass is 9.91. The van der Waals surface area contributed by atoms with Crippen LogP contribution in [0.25, 0.3) is 12.2 Å². The van der Waals surface area contributed by atoms with Crippen molar-refractivity contribution in [1.29, 1.82) is 0 Å². The van der Waals surface area contributed by atoms with E-state index in [1.165, 1.54) is 11.5 Å². The number of hydrogen-bond donors (Lipinski definition) is 5.